The Labute approximate surface area is 139 Å². The van der Waals surface area contributed by atoms with Gasteiger partial charge in [-0.2, -0.15) is 0 Å². The van der Waals surface area contributed by atoms with E-state index in [1.165, 1.54) is 0 Å². The highest BCUT2D eigenvalue weighted by Crippen LogP contribution is 2.33. The van der Waals surface area contributed by atoms with E-state index in [0.717, 1.165) is 35.7 Å². The van der Waals surface area contributed by atoms with E-state index in [1.54, 1.807) is 20.3 Å². The van der Waals surface area contributed by atoms with Crippen LogP contribution < -0.4 is 14.8 Å². The maximum Gasteiger partial charge on any atom is 0.224 e. The summed E-state index contributed by atoms with van der Waals surface area (Å²) >= 11 is 3.46. The molecule has 0 spiro atoms. The number of ether oxygens (including phenoxy) is 2. The van der Waals surface area contributed by atoms with E-state index in [4.69, 9.17) is 9.47 Å². The summed E-state index contributed by atoms with van der Waals surface area (Å²) in [5.41, 5.74) is 0.853. The number of nitrogens with one attached hydrogen (secondary N) is 1. The predicted octanol–water partition coefficient (Wildman–Crippen LogP) is 2.43. The Bertz CT molecular complexity index is 527. The van der Waals surface area contributed by atoms with Crippen LogP contribution in [-0.2, 0) is 11.2 Å². The highest BCUT2D eigenvalue weighted by molar-refractivity contribution is 9.10. The molecule has 6 heteroatoms. The Morgan fingerprint density at radius 3 is 2.41 bits per heavy atom. The average Bonchev–Trinajstić information content (AvgIpc) is 2.51. The van der Waals surface area contributed by atoms with E-state index >= 15 is 0 Å². The lowest BCUT2D eigenvalue weighted by atomic mass is 9.93. The van der Waals surface area contributed by atoms with Crippen molar-refractivity contribution in [2.75, 3.05) is 14.2 Å². The van der Waals surface area contributed by atoms with E-state index in [9.17, 15) is 9.90 Å². The van der Waals surface area contributed by atoms with Crippen LogP contribution in [0.1, 0.15) is 31.2 Å². The van der Waals surface area contributed by atoms with Crippen molar-refractivity contribution < 1.29 is 19.4 Å². The molecule has 122 valence electrons. The lowest BCUT2D eigenvalue weighted by molar-refractivity contribution is -0.121. The molecule has 1 saturated carbocycles. The van der Waals surface area contributed by atoms with Gasteiger partial charge in [0.1, 0.15) is 0 Å². The zero-order chi connectivity index (χ0) is 16.1. The van der Waals surface area contributed by atoms with Crippen molar-refractivity contribution in [3.8, 4) is 11.5 Å². The second-order valence-electron chi connectivity index (χ2n) is 5.55. The standard InChI is InChI=1S/C16H22BrNO4/c1-21-14-7-10(13(17)9-15(14)22-2)8-16(20)18-11-3-5-12(19)6-4-11/h7,9,11-12,19H,3-6,8H2,1-2H3,(H,18,20). The molecule has 0 heterocycles. The maximum atomic E-state index is 12.2. The number of halogens is 1. The Morgan fingerprint density at radius 2 is 1.82 bits per heavy atom. The van der Waals surface area contributed by atoms with Crippen molar-refractivity contribution in [3.05, 3.63) is 22.2 Å². The third-order valence-corrected chi connectivity index (χ3v) is 4.70. The highest BCUT2D eigenvalue weighted by Gasteiger charge is 2.21. The van der Waals surface area contributed by atoms with Gasteiger partial charge in [-0.1, -0.05) is 15.9 Å². The zero-order valence-electron chi connectivity index (χ0n) is 12.9. The normalized spacial score (nSPS) is 21.3. The fraction of sp³-hybridized carbons (Fsp3) is 0.562. The molecule has 1 amide bonds. The summed E-state index contributed by atoms with van der Waals surface area (Å²) in [6.07, 6.45) is 3.24. The summed E-state index contributed by atoms with van der Waals surface area (Å²) in [4.78, 5) is 12.2. The Morgan fingerprint density at radius 1 is 1.23 bits per heavy atom. The van der Waals surface area contributed by atoms with Crippen LogP contribution in [0.25, 0.3) is 0 Å². The minimum Gasteiger partial charge on any atom is -0.493 e. The second kappa shape index (κ2) is 7.83. The summed E-state index contributed by atoms with van der Waals surface area (Å²) in [7, 11) is 3.15. The number of hydrogen-bond acceptors (Lipinski definition) is 4. The second-order valence-corrected chi connectivity index (χ2v) is 6.40. The third kappa shape index (κ3) is 4.36. The van der Waals surface area contributed by atoms with Gasteiger partial charge in [0.15, 0.2) is 11.5 Å². The first kappa shape index (κ1) is 17.1. The van der Waals surface area contributed by atoms with Crippen LogP contribution in [0, 0.1) is 0 Å². The van der Waals surface area contributed by atoms with Crippen LogP contribution >= 0.6 is 15.9 Å². The number of benzene rings is 1. The van der Waals surface area contributed by atoms with Crippen molar-refractivity contribution in [3.63, 3.8) is 0 Å². The molecule has 1 fully saturated rings. The molecule has 0 unspecified atom stereocenters. The molecule has 1 aliphatic carbocycles. The first-order valence-electron chi connectivity index (χ1n) is 7.41. The van der Waals surface area contributed by atoms with Crippen LogP contribution in [0.4, 0.5) is 0 Å². The van der Waals surface area contributed by atoms with Gasteiger partial charge in [-0.05, 0) is 43.4 Å². The number of rotatable bonds is 5. The van der Waals surface area contributed by atoms with E-state index in [-0.39, 0.29) is 24.5 Å². The first-order valence-corrected chi connectivity index (χ1v) is 8.20. The minimum absolute atomic E-state index is 0.0192. The smallest absolute Gasteiger partial charge is 0.224 e. The maximum absolute atomic E-state index is 12.2. The molecule has 5 nitrogen and oxygen atoms in total. The molecule has 0 atom stereocenters. The van der Waals surface area contributed by atoms with Crippen LogP contribution in [0.5, 0.6) is 11.5 Å². The molecular weight excluding hydrogens is 350 g/mol. The number of carbonyl (C=O) groups excluding carboxylic acids is 1. The summed E-state index contributed by atoms with van der Waals surface area (Å²) < 4.78 is 11.3. The van der Waals surface area contributed by atoms with Crippen LogP contribution in [0.3, 0.4) is 0 Å². The summed E-state index contributed by atoms with van der Waals surface area (Å²) in [5, 5.41) is 12.5. The van der Waals surface area contributed by atoms with Gasteiger partial charge in [0, 0.05) is 10.5 Å². The quantitative estimate of drug-likeness (QED) is 0.833. The number of aliphatic hydroxyl groups excluding tert-OH is 1. The van der Waals surface area contributed by atoms with Gasteiger partial charge in [-0.3, -0.25) is 4.79 Å². The molecule has 1 aromatic carbocycles. The molecule has 0 aromatic heterocycles. The SMILES string of the molecule is COc1cc(Br)c(CC(=O)NC2CCC(O)CC2)cc1OC. The molecule has 1 aromatic rings. The van der Waals surface area contributed by atoms with Gasteiger partial charge < -0.3 is 19.9 Å². The van der Waals surface area contributed by atoms with E-state index in [0.29, 0.717) is 11.5 Å². The molecule has 22 heavy (non-hydrogen) atoms. The molecular formula is C16H22BrNO4. The van der Waals surface area contributed by atoms with Gasteiger partial charge in [0.2, 0.25) is 5.91 Å². The van der Waals surface area contributed by atoms with Crippen LogP contribution in [0.15, 0.2) is 16.6 Å². The largest absolute Gasteiger partial charge is 0.493 e. The topological polar surface area (TPSA) is 67.8 Å². The number of methoxy groups -OCH3 is 2. The fourth-order valence-corrected chi connectivity index (χ4v) is 3.17. The number of aliphatic hydroxyl groups is 1. The summed E-state index contributed by atoms with van der Waals surface area (Å²) in [6.45, 7) is 0. The predicted molar refractivity (Wildman–Crippen MR) is 87.4 cm³/mol. The van der Waals surface area contributed by atoms with Crippen molar-refractivity contribution in [1.82, 2.24) is 5.32 Å². The van der Waals surface area contributed by atoms with E-state index < -0.39 is 0 Å². The van der Waals surface area contributed by atoms with Crippen molar-refractivity contribution in [2.24, 2.45) is 0 Å². The molecule has 2 N–H and O–H groups in total. The molecule has 0 aliphatic heterocycles. The molecule has 2 rings (SSSR count). The highest BCUT2D eigenvalue weighted by atomic mass is 79.9. The van der Waals surface area contributed by atoms with E-state index in [1.807, 2.05) is 6.07 Å². The molecule has 0 bridgehead atoms. The molecule has 0 saturated heterocycles. The third-order valence-electron chi connectivity index (χ3n) is 3.97. The summed E-state index contributed by atoms with van der Waals surface area (Å²) in [5.74, 6) is 1.21. The van der Waals surface area contributed by atoms with Gasteiger partial charge in [0.25, 0.3) is 0 Å². The van der Waals surface area contributed by atoms with Gasteiger partial charge >= 0.3 is 0 Å². The minimum atomic E-state index is -0.215. The first-order chi connectivity index (χ1) is 10.5. The van der Waals surface area contributed by atoms with Gasteiger partial charge in [0.05, 0.1) is 26.7 Å². The van der Waals surface area contributed by atoms with Crippen molar-refractivity contribution in [1.29, 1.82) is 0 Å². The monoisotopic (exact) mass is 371 g/mol. The number of amides is 1. The average molecular weight is 372 g/mol. The van der Waals surface area contributed by atoms with Crippen LogP contribution in [-0.4, -0.2) is 37.4 Å². The molecule has 0 radical (unpaired) electrons. The lowest BCUT2D eigenvalue weighted by Gasteiger charge is -2.26. The van der Waals surface area contributed by atoms with Crippen molar-refractivity contribution >= 4 is 21.8 Å². The fourth-order valence-electron chi connectivity index (χ4n) is 2.70. The number of hydrogen-bond donors (Lipinski definition) is 2. The summed E-state index contributed by atoms with van der Waals surface area (Å²) in [6, 6.07) is 3.78. The van der Waals surface area contributed by atoms with Crippen molar-refractivity contribution in [2.45, 2.75) is 44.2 Å². The van der Waals surface area contributed by atoms with Crippen LogP contribution in [0.2, 0.25) is 0 Å². The Balaban J connectivity index is 1.99. The lowest BCUT2D eigenvalue weighted by Crippen LogP contribution is -2.39. The van der Waals surface area contributed by atoms with Gasteiger partial charge in [-0.15, -0.1) is 0 Å². The Kier molecular flexibility index (Phi) is 6.08. The van der Waals surface area contributed by atoms with E-state index in [2.05, 4.69) is 21.2 Å². The number of carbonyl (C=O) groups is 1. The molecule has 1 aliphatic rings. The van der Waals surface area contributed by atoms with Gasteiger partial charge in [-0.25, -0.2) is 0 Å². The zero-order valence-corrected chi connectivity index (χ0v) is 14.5. The Hall–Kier alpha value is -1.27.